The minimum absolute atomic E-state index is 0. The van der Waals surface area contributed by atoms with Gasteiger partial charge in [0.2, 0.25) is 0 Å². The van der Waals surface area contributed by atoms with Gasteiger partial charge in [0.15, 0.2) is 0 Å². The summed E-state index contributed by atoms with van der Waals surface area (Å²) >= 11 is 0. The molecule has 0 saturated heterocycles. The molecular weight excluding hydrogens is 222 g/mol. The van der Waals surface area contributed by atoms with Crippen molar-refractivity contribution >= 4 is 12.4 Å². The first-order chi connectivity index (χ1) is 7.16. The zero-order chi connectivity index (χ0) is 10.8. The van der Waals surface area contributed by atoms with Gasteiger partial charge in [0.1, 0.15) is 5.75 Å². The van der Waals surface area contributed by atoms with Gasteiger partial charge in [0.25, 0.3) is 0 Å². The quantitative estimate of drug-likeness (QED) is 0.883. The van der Waals surface area contributed by atoms with Gasteiger partial charge in [-0.2, -0.15) is 0 Å². The molecule has 1 aliphatic rings. The van der Waals surface area contributed by atoms with E-state index in [9.17, 15) is 0 Å². The molecule has 0 fully saturated rings. The fourth-order valence-electron chi connectivity index (χ4n) is 2.08. The summed E-state index contributed by atoms with van der Waals surface area (Å²) in [6, 6.07) is 6.51. The first-order valence-electron chi connectivity index (χ1n) is 5.68. The molecule has 1 aromatic carbocycles. The molecule has 1 heterocycles. The predicted octanol–water partition coefficient (Wildman–Crippen LogP) is 3.09. The maximum Gasteiger partial charge on any atom is 0.122 e. The Morgan fingerprint density at radius 2 is 2.12 bits per heavy atom. The Morgan fingerprint density at radius 1 is 1.38 bits per heavy atom. The predicted molar refractivity (Wildman–Crippen MR) is 69.3 cm³/mol. The molecule has 0 radical (unpaired) electrons. The zero-order valence-electron chi connectivity index (χ0n) is 9.90. The molecular formula is C13H20ClNO. The van der Waals surface area contributed by atoms with E-state index < -0.39 is 0 Å². The Hall–Kier alpha value is -0.730. The average Bonchev–Trinajstić information content (AvgIpc) is 2.62. The molecule has 0 saturated carbocycles. The number of fused-ring (bicyclic) bond motifs is 1. The smallest absolute Gasteiger partial charge is 0.122 e. The first-order valence-corrected chi connectivity index (χ1v) is 5.68. The van der Waals surface area contributed by atoms with Gasteiger partial charge in [-0.3, -0.25) is 0 Å². The van der Waals surface area contributed by atoms with Gasteiger partial charge in [-0.25, -0.2) is 0 Å². The third kappa shape index (κ3) is 2.89. The largest absolute Gasteiger partial charge is 0.493 e. The van der Waals surface area contributed by atoms with Crippen LogP contribution in [0.15, 0.2) is 18.2 Å². The Morgan fingerprint density at radius 3 is 2.81 bits per heavy atom. The summed E-state index contributed by atoms with van der Waals surface area (Å²) in [5.74, 6) is 1.68. The lowest BCUT2D eigenvalue weighted by atomic mass is 9.96. The third-order valence-corrected chi connectivity index (χ3v) is 2.87. The van der Waals surface area contributed by atoms with Crippen LogP contribution in [0, 0.1) is 5.92 Å². The van der Waals surface area contributed by atoms with E-state index in [1.807, 2.05) is 0 Å². The molecule has 2 N–H and O–H groups in total. The molecule has 2 nitrogen and oxygen atoms in total. The molecule has 0 aromatic heterocycles. The van der Waals surface area contributed by atoms with Gasteiger partial charge in [0, 0.05) is 12.5 Å². The average molecular weight is 242 g/mol. The number of rotatable bonds is 3. The van der Waals surface area contributed by atoms with Crippen LogP contribution in [0.2, 0.25) is 0 Å². The van der Waals surface area contributed by atoms with Crippen molar-refractivity contribution in [2.24, 2.45) is 11.7 Å². The molecule has 0 bridgehead atoms. The zero-order valence-corrected chi connectivity index (χ0v) is 10.7. The first kappa shape index (κ1) is 13.3. The number of halogens is 1. The minimum Gasteiger partial charge on any atom is -0.493 e. The van der Waals surface area contributed by atoms with E-state index >= 15 is 0 Å². The monoisotopic (exact) mass is 241 g/mol. The van der Waals surface area contributed by atoms with E-state index in [0.29, 0.717) is 5.92 Å². The summed E-state index contributed by atoms with van der Waals surface area (Å²) in [7, 11) is 0. The van der Waals surface area contributed by atoms with Crippen molar-refractivity contribution in [3.63, 3.8) is 0 Å². The number of benzene rings is 1. The van der Waals surface area contributed by atoms with E-state index in [2.05, 4.69) is 32.0 Å². The normalized spacial score (nSPS) is 15.2. The second kappa shape index (κ2) is 5.55. The fourth-order valence-corrected chi connectivity index (χ4v) is 2.08. The van der Waals surface area contributed by atoms with Gasteiger partial charge >= 0.3 is 0 Å². The van der Waals surface area contributed by atoms with Gasteiger partial charge in [0.05, 0.1) is 6.61 Å². The van der Waals surface area contributed by atoms with Crippen LogP contribution in [0.25, 0.3) is 0 Å². The Bertz CT molecular complexity index is 352. The Kier molecular flexibility index (Phi) is 4.63. The van der Waals surface area contributed by atoms with Crippen molar-refractivity contribution in [2.75, 3.05) is 6.61 Å². The van der Waals surface area contributed by atoms with Crippen LogP contribution >= 0.6 is 12.4 Å². The number of hydrogen-bond acceptors (Lipinski definition) is 2. The number of hydrogen-bond donors (Lipinski definition) is 1. The van der Waals surface area contributed by atoms with E-state index in [0.717, 1.165) is 25.2 Å². The van der Waals surface area contributed by atoms with Crippen LogP contribution in [-0.2, 0) is 6.42 Å². The summed E-state index contributed by atoms with van der Waals surface area (Å²) in [6.07, 6.45) is 2.07. The van der Waals surface area contributed by atoms with Crippen molar-refractivity contribution < 1.29 is 4.74 Å². The minimum atomic E-state index is 0. The molecule has 0 spiro atoms. The standard InChI is InChI=1S/C13H19NO.ClH/c1-9(2)7-12(14)10-3-4-13-11(8-10)5-6-15-13;/h3-4,8-9,12H,5-7,14H2,1-2H3;1H/t12-;/m1./s1. The second-order valence-electron chi connectivity index (χ2n) is 4.70. The lowest BCUT2D eigenvalue weighted by Crippen LogP contribution is -2.12. The molecule has 0 amide bonds. The molecule has 1 aliphatic heterocycles. The van der Waals surface area contributed by atoms with Gasteiger partial charge in [-0.1, -0.05) is 26.0 Å². The van der Waals surface area contributed by atoms with E-state index in [-0.39, 0.29) is 18.4 Å². The highest BCUT2D eigenvalue weighted by atomic mass is 35.5. The topological polar surface area (TPSA) is 35.2 Å². The molecule has 16 heavy (non-hydrogen) atoms. The van der Waals surface area contributed by atoms with Gasteiger partial charge in [-0.15, -0.1) is 12.4 Å². The molecule has 90 valence electrons. The van der Waals surface area contributed by atoms with Gasteiger partial charge < -0.3 is 10.5 Å². The van der Waals surface area contributed by atoms with Gasteiger partial charge in [-0.05, 0) is 29.5 Å². The van der Waals surface area contributed by atoms with Crippen LogP contribution in [0.1, 0.15) is 37.4 Å². The van der Waals surface area contributed by atoms with Crippen LogP contribution in [-0.4, -0.2) is 6.61 Å². The van der Waals surface area contributed by atoms with Crippen LogP contribution in [0.5, 0.6) is 5.75 Å². The Labute approximate surface area is 104 Å². The highest BCUT2D eigenvalue weighted by Crippen LogP contribution is 2.29. The lowest BCUT2D eigenvalue weighted by Gasteiger charge is -2.15. The highest BCUT2D eigenvalue weighted by molar-refractivity contribution is 5.85. The van der Waals surface area contributed by atoms with Crippen LogP contribution in [0.4, 0.5) is 0 Å². The summed E-state index contributed by atoms with van der Waals surface area (Å²) < 4.78 is 5.47. The summed E-state index contributed by atoms with van der Waals surface area (Å²) in [5.41, 5.74) is 8.70. The molecule has 2 rings (SSSR count). The highest BCUT2D eigenvalue weighted by Gasteiger charge is 2.15. The molecule has 3 heteroatoms. The van der Waals surface area contributed by atoms with Crippen LogP contribution < -0.4 is 10.5 Å². The third-order valence-electron chi connectivity index (χ3n) is 2.87. The van der Waals surface area contributed by atoms with Crippen molar-refractivity contribution in [2.45, 2.75) is 32.7 Å². The molecule has 1 aromatic rings. The maximum absolute atomic E-state index is 6.15. The SMILES string of the molecule is CC(C)C[C@@H](N)c1ccc2c(c1)CCO2.Cl. The molecule has 0 aliphatic carbocycles. The summed E-state index contributed by atoms with van der Waals surface area (Å²) in [5, 5.41) is 0. The van der Waals surface area contributed by atoms with E-state index in [4.69, 9.17) is 10.5 Å². The lowest BCUT2D eigenvalue weighted by molar-refractivity contribution is 0.356. The van der Waals surface area contributed by atoms with Crippen molar-refractivity contribution in [1.29, 1.82) is 0 Å². The number of ether oxygens (including phenoxy) is 1. The van der Waals surface area contributed by atoms with E-state index in [1.165, 1.54) is 11.1 Å². The molecule has 0 unspecified atom stereocenters. The molecule has 1 atom stereocenters. The fraction of sp³-hybridized carbons (Fsp3) is 0.538. The maximum atomic E-state index is 6.15. The number of nitrogens with two attached hydrogens (primary N) is 1. The van der Waals surface area contributed by atoms with E-state index in [1.54, 1.807) is 0 Å². The summed E-state index contributed by atoms with van der Waals surface area (Å²) in [4.78, 5) is 0. The summed E-state index contributed by atoms with van der Waals surface area (Å²) in [6.45, 7) is 5.23. The Balaban J connectivity index is 0.00000128. The van der Waals surface area contributed by atoms with Crippen LogP contribution in [0.3, 0.4) is 0 Å². The second-order valence-corrected chi connectivity index (χ2v) is 4.70. The van der Waals surface area contributed by atoms with Crippen molar-refractivity contribution in [3.05, 3.63) is 29.3 Å². The van der Waals surface area contributed by atoms with Crippen molar-refractivity contribution in [3.8, 4) is 5.75 Å². The van der Waals surface area contributed by atoms with Crippen molar-refractivity contribution in [1.82, 2.24) is 0 Å².